The zero-order valence-corrected chi connectivity index (χ0v) is 15.1. The molecule has 1 aliphatic rings. The Morgan fingerprint density at radius 3 is 2.96 bits per heavy atom. The Kier molecular flexibility index (Phi) is 3.31. The summed E-state index contributed by atoms with van der Waals surface area (Å²) in [5.41, 5.74) is 3.84. The number of hydrogen-bond donors (Lipinski definition) is 0. The minimum absolute atomic E-state index is 0.312. The Labute approximate surface area is 149 Å². The normalized spacial score (nSPS) is 18.5. The van der Waals surface area contributed by atoms with Crippen LogP contribution in [0.4, 0.5) is 5.13 Å². The summed E-state index contributed by atoms with van der Waals surface area (Å²) in [6, 6.07) is 7.98. The van der Waals surface area contributed by atoms with Gasteiger partial charge in [0.1, 0.15) is 5.52 Å². The van der Waals surface area contributed by atoms with E-state index in [1.807, 2.05) is 42.9 Å². The third-order valence-corrected chi connectivity index (χ3v) is 6.10. The molecular formula is C18H19N5OS. The number of thiazole rings is 1. The number of oxazole rings is 1. The van der Waals surface area contributed by atoms with Gasteiger partial charge in [-0.25, -0.2) is 14.6 Å². The topological polar surface area (TPSA) is 60.0 Å². The molecule has 0 N–H and O–H groups in total. The fourth-order valence-corrected chi connectivity index (χ4v) is 4.69. The molecule has 4 aromatic rings. The highest BCUT2D eigenvalue weighted by molar-refractivity contribution is 7.22. The van der Waals surface area contributed by atoms with Crippen LogP contribution in [0.3, 0.4) is 0 Å². The molecule has 3 aromatic heterocycles. The van der Waals surface area contributed by atoms with Crippen molar-refractivity contribution in [3.05, 3.63) is 35.9 Å². The van der Waals surface area contributed by atoms with Crippen molar-refractivity contribution in [1.82, 2.24) is 19.7 Å². The summed E-state index contributed by atoms with van der Waals surface area (Å²) in [6.07, 6.45) is 2.23. The highest BCUT2D eigenvalue weighted by Crippen LogP contribution is 2.35. The third kappa shape index (κ3) is 2.41. The van der Waals surface area contributed by atoms with Gasteiger partial charge in [0.15, 0.2) is 22.3 Å². The minimum Gasteiger partial charge on any atom is -0.440 e. The maximum absolute atomic E-state index is 6.00. The van der Waals surface area contributed by atoms with Crippen LogP contribution in [0.5, 0.6) is 0 Å². The number of para-hydroxylation sites is 2. The molecule has 25 heavy (non-hydrogen) atoms. The molecule has 0 bridgehead atoms. The fourth-order valence-electron chi connectivity index (χ4n) is 3.63. The van der Waals surface area contributed by atoms with Crippen LogP contribution in [0.1, 0.15) is 30.3 Å². The maximum Gasteiger partial charge on any atom is 0.200 e. The fraction of sp³-hybridized carbons (Fsp3) is 0.389. The summed E-state index contributed by atoms with van der Waals surface area (Å²) in [5.74, 6) is 1.16. The van der Waals surface area contributed by atoms with Gasteiger partial charge in [-0.2, -0.15) is 5.10 Å². The highest BCUT2D eigenvalue weighted by Gasteiger charge is 2.27. The summed E-state index contributed by atoms with van der Waals surface area (Å²) >= 11 is 1.73. The lowest BCUT2D eigenvalue weighted by Gasteiger charge is -2.30. The minimum atomic E-state index is 0.312. The van der Waals surface area contributed by atoms with E-state index in [2.05, 4.69) is 10.00 Å². The standard InChI is InChI=1S/C18H19N5OS/c1-11-15-16(22(2)21-11)20-18(25-15)23-9-5-6-12(10-23)17-19-13-7-3-4-8-14(13)24-17/h3-4,7-8,12H,5-6,9-10H2,1-2H3. The highest BCUT2D eigenvalue weighted by atomic mass is 32.1. The molecule has 128 valence electrons. The van der Waals surface area contributed by atoms with Gasteiger partial charge < -0.3 is 9.32 Å². The molecule has 0 saturated carbocycles. The molecule has 1 aromatic carbocycles. The third-order valence-electron chi connectivity index (χ3n) is 4.88. The van der Waals surface area contributed by atoms with Crippen LogP contribution in [-0.4, -0.2) is 32.8 Å². The molecule has 0 amide bonds. The molecular weight excluding hydrogens is 334 g/mol. The van der Waals surface area contributed by atoms with Gasteiger partial charge in [-0.15, -0.1) is 0 Å². The van der Waals surface area contributed by atoms with Crippen molar-refractivity contribution < 1.29 is 4.42 Å². The first-order chi connectivity index (χ1) is 12.2. The number of rotatable bonds is 2. The number of piperidine rings is 1. The number of benzene rings is 1. The zero-order valence-electron chi connectivity index (χ0n) is 14.3. The Morgan fingerprint density at radius 1 is 1.24 bits per heavy atom. The lowest BCUT2D eigenvalue weighted by atomic mass is 9.98. The second-order valence-corrected chi connectivity index (χ2v) is 7.64. The van der Waals surface area contributed by atoms with E-state index in [1.54, 1.807) is 11.3 Å². The number of hydrogen-bond acceptors (Lipinski definition) is 6. The quantitative estimate of drug-likeness (QED) is 0.547. The lowest BCUT2D eigenvalue weighted by molar-refractivity contribution is 0.413. The van der Waals surface area contributed by atoms with E-state index in [4.69, 9.17) is 14.4 Å². The Hall–Kier alpha value is -2.41. The largest absolute Gasteiger partial charge is 0.440 e. The summed E-state index contributed by atoms with van der Waals surface area (Å²) < 4.78 is 9.05. The number of anilines is 1. The molecule has 1 aliphatic heterocycles. The zero-order chi connectivity index (χ0) is 17.0. The predicted molar refractivity (Wildman–Crippen MR) is 99.3 cm³/mol. The first-order valence-corrected chi connectivity index (χ1v) is 9.41. The van der Waals surface area contributed by atoms with Crippen molar-refractivity contribution in [2.24, 2.45) is 7.05 Å². The van der Waals surface area contributed by atoms with E-state index >= 15 is 0 Å². The molecule has 0 aliphatic carbocycles. The second-order valence-electron chi connectivity index (χ2n) is 6.66. The molecule has 4 heterocycles. The van der Waals surface area contributed by atoms with E-state index < -0.39 is 0 Å². The van der Waals surface area contributed by atoms with Crippen molar-refractivity contribution in [2.45, 2.75) is 25.7 Å². The first-order valence-electron chi connectivity index (χ1n) is 8.59. The van der Waals surface area contributed by atoms with Crippen molar-refractivity contribution in [3.8, 4) is 0 Å². The predicted octanol–water partition coefficient (Wildman–Crippen LogP) is 3.86. The van der Waals surface area contributed by atoms with Crippen LogP contribution in [-0.2, 0) is 7.05 Å². The molecule has 5 rings (SSSR count). The summed E-state index contributed by atoms with van der Waals surface area (Å²) in [7, 11) is 1.95. The van der Waals surface area contributed by atoms with Gasteiger partial charge in [0.25, 0.3) is 0 Å². The maximum atomic E-state index is 6.00. The van der Waals surface area contributed by atoms with Crippen molar-refractivity contribution in [2.75, 3.05) is 18.0 Å². The van der Waals surface area contributed by atoms with Gasteiger partial charge in [0.2, 0.25) is 0 Å². The van der Waals surface area contributed by atoms with Gasteiger partial charge in [-0.3, -0.25) is 0 Å². The summed E-state index contributed by atoms with van der Waals surface area (Å²) in [4.78, 5) is 11.9. The van der Waals surface area contributed by atoms with Gasteiger partial charge in [-0.05, 0) is 31.9 Å². The molecule has 1 unspecified atom stereocenters. The smallest absolute Gasteiger partial charge is 0.200 e. The molecule has 6 nitrogen and oxygen atoms in total. The Morgan fingerprint density at radius 2 is 2.12 bits per heavy atom. The number of fused-ring (bicyclic) bond motifs is 2. The average molecular weight is 353 g/mol. The van der Waals surface area contributed by atoms with Crippen LogP contribution < -0.4 is 4.90 Å². The van der Waals surface area contributed by atoms with Crippen LogP contribution in [0.15, 0.2) is 28.7 Å². The summed E-state index contributed by atoms with van der Waals surface area (Å²) in [6.45, 7) is 3.98. The van der Waals surface area contributed by atoms with Crippen LogP contribution in [0.25, 0.3) is 21.4 Å². The molecule has 7 heteroatoms. The van der Waals surface area contributed by atoms with E-state index in [1.165, 1.54) is 4.70 Å². The van der Waals surface area contributed by atoms with Crippen molar-refractivity contribution >= 4 is 37.9 Å². The van der Waals surface area contributed by atoms with Crippen LogP contribution >= 0.6 is 11.3 Å². The molecule has 0 radical (unpaired) electrons. The van der Waals surface area contributed by atoms with Crippen molar-refractivity contribution in [3.63, 3.8) is 0 Å². The average Bonchev–Trinajstić information content (AvgIpc) is 3.31. The first kappa shape index (κ1) is 14.9. The van der Waals surface area contributed by atoms with Gasteiger partial charge >= 0.3 is 0 Å². The number of aryl methyl sites for hydroxylation is 2. The van der Waals surface area contributed by atoms with Gasteiger partial charge in [-0.1, -0.05) is 23.5 Å². The van der Waals surface area contributed by atoms with Gasteiger partial charge in [0.05, 0.1) is 16.3 Å². The second kappa shape index (κ2) is 5.56. The molecule has 1 saturated heterocycles. The van der Waals surface area contributed by atoms with Gasteiger partial charge in [0, 0.05) is 20.1 Å². The molecule has 0 spiro atoms. The Balaban J connectivity index is 1.45. The van der Waals surface area contributed by atoms with Crippen LogP contribution in [0.2, 0.25) is 0 Å². The number of aromatic nitrogens is 4. The van der Waals surface area contributed by atoms with E-state index in [0.29, 0.717) is 5.92 Å². The van der Waals surface area contributed by atoms with E-state index in [-0.39, 0.29) is 0 Å². The lowest BCUT2D eigenvalue weighted by Crippen LogP contribution is -2.34. The monoisotopic (exact) mass is 353 g/mol. The number of nitrogens with zero attached hydrogens (tertiary/aromatic N) is 5. The Bertz CT molecular complexity index is 995. The van der Waals surface area contributed by atoms with E-state index in [0.717, 1.165) is 59.4 Å². The molecule has 1 fully saturated rings. The summed E-state index contributed by atoms with van der Waals surface area (Å²) in [5, 5.41) is 5.52. The van der Waals surface area contributed by atoms with Crippen LogP contribution in [0, 0.1) is 6.92 Å². The molecule has 1 atom stereocenters. The van der Waals surface area contributed by atoms with E-state index in [9.17, 15) is 0 Å². The van der Waals surface area contributed by atoms with Crippen molar-refractivity contribution in [1.29, 1.82) is 0 Å². The SMILES string of the molecule is Cc1nn(C)c2nc(N3CCCC(c4nc5ccccc5o4)C3)sc12.